The molecule has 2 aromatic rings. The minimum absolute atomic E-state index is 0.102. The molecule has 0 aromatic heterocycles. The van der Waals surface area contributed by atoms with Gasteiger partial charge in [0.05, 0.1) is 46.8 Å². The van der Waals surface area contributed by atoms with Gasteiger partial charge >= 0.3 is 5.97 Å². The summed E-state index contributed by atoms with van der Waals surface area (Å²) in [6, 6.07) is 9.00. The van der Waals surface area contributed by atoms with Crippen molar-refractivity contribution < 1.29 is 93.4 Å². The molecule has 0 unspecified atom stereocenters. The maximum atomic E-state index is 13.4. The summed E-state index contributed by atoms with van der Waals surface area (Å²) in [6.45, 7) is -0.579. The van der Waals surface area contributed by atoms with Crippen molar-refractivity contribution in [2.24, 2.45) is 0 Å². The zero-order valence-electron chi connectivity index (χ0n) is 30.2. The van der Waals surface area contributed by atoms with Gasteiger partial charge in [0.25, 0.3) is 0 Å². The fourth-order valence-corrected chi connectivity index (χ4v) is 6.19. The molecule has 0 bridgehead atoms. The molecule has 19 heteroatoms. The van der Waals surface area contributed by atoms with Crippen LogP contribution in [-0.2, 0) is 44.4 Å². The van der Waals surface area contributed by atoms with Crippen molar-refractivity contribution in [3.63, 3.8) is 0 Å². The topological polar surface area (TPSA) is 282 Å². The lowest BCUT2D eigenvalue weighted by Crippen LogP contribution is -2.65. The molecule has 3 aliphatic rings. The molecule has 13 atom stereocenters. The molecule has 2 aromatic carbocycles. The molecule has 3 aliphatic heterocycles. The molecule has 0 amide bonds. The summed E-state index contributed by atoms with van der Waals surface area (Å²) in [5.74, 6) is -0.850. The van der Waals surface area contributed by atoms with Gasteiger partial charge in [-0.05, 0) is 54.8 Å². The first-order chi connectivity index (χ1) is 26.2. The largest absolute Gasteiger partial charge is 0.504 e. The Kier molecular flexibility index (Phi) is 14.3. The summed E-state index contributed by atoms with van der Waals surface area (Å²) < 4.78 is 50.6. The van der Waals surface area contributed by atoms with Crippen LogP contribution in [0.4, 0.5) is 0 Å². The second-order valence-corrected chi connectivity index (χ2v) is 13.3. The fourth-order valence-electron chi connectivity index (χ4n) is 6.19. The van der Waals surface area contributed by atoms with E-state index in [2.05, 4.69) is 0 Å². The van der Waals surface area contributed by atoms with Gasteiger partial charge in [-0.25, -0.2) is 4.79 Å². The number of carbonyl (C=O) groups is 1. The third-order valence-electron chi connectivity index (χ3n) is 9.50. The number of phenols is 2. The molecular weight excluding hydrogens is 736 g/mol. The Morgan fingerprint density at radius 1 is 0.855 bits per heavy atom. The first-order valence-corrected chi connectivity index (χ1v) is 17.4. The van der Waals surface area contributed by atoms with E-state index in [1.54, 1.807) is 12.1 Å². The van der Waals surface area contributed by atoms with Crippen LogP contribution in [0.3, 0.4) is 0 Å². The van der Waals surface area contributed by atoms with Crippen LogP contribution in [-0.4, -0.2) is 172 Å². The van der Waals surface area contributed by atoms with Crippen molar-refractivity contribution >= 4 is 12.0 Å². The predicted octanol–water partition coefficient (Wildman–Crippen LogP) is -1.94. The van der Waals surface area contributed by atoms with Gasteiger partial charge in [-0.2, -0.15) is 0 Å². The molecule has 9 N–H and O–H groups in total. The minimum atomic E-state index is -2.04. The van der Waals surface area contributed by atoms with Gasteiger partial charge in [-0.15, -0.1) is 0 Å². The summed E-state index contributed by atoms with van der Waals surface area (Å²) in [5, 5.41) is 94.0. The minimum Gasteiger partial charge on any atom is -0.504 e. The number of carbonyl (C=O) groups excluding carboxylic acids is 1. The number of methoxy groups -OCH3 is 2. The van der Waals surface area contributed by atoms with Crippen LogP contribution in [0.1, 0.15) is 18.1 Å². The first-order valence-electron chi connectivity index (χ1n) is 17.4. The van der Waals surface area contributed by atoms with Crippen LogP contribution in [0.2, 0.25) is 0 Å². The highest BCUT2D eigenvalue weighted by Gasteiger charge is 2.54. The summed E-state index contributed by atoms with van der Waals surface area (Å²) in [4.78, 5) is 13.4. The second-order valence-electron chi connectivity index (χ2n) is 13.3. The predicted molar refractivity (Wildman–Crippen MR) is 184 cm³/mol. The zero-order valence-corrected chi connectivity index (χ0v) is 30.2. The van der Waals surface area contributed by atoms with Gasteiger partial charge in [0.15, 0.2) is 48.0 Å². The lowest BCUT2D eigenvalue weighted by atomic mass is 9.96. The third kappa shape index (κ3) is 9.84. The smallest absolute Gasteiger partial charge is 0.331 e. The quantitative estimate of drug-likeness (QED) is 0.0701. The number of benzene rings is 2. The van der Waals surface area contributed by atoms with E-state index in [-0.39, 0.29) is 36.0 Å². The van der Waals surface area contributed by atoms with Crippen molar-refractivity contribution in [2.75, 3.05) is 40.6 Å². The van der Waals surface area contributed by atoms with Gasteiger partial charge in [0.2, 0.25) is 0 Å². The van der Waals surface area contributed by atoms with E-state index in [4.69, 9.17) is 42.6 Å². The van der Waals surface area contributed by atoms with Gasteiger partial charge in [0.1, 0.15) is 48.3 Å². The van der Waals surface area contributed by atoms with Crippen LogP contribution in [0.15, 0.2) is 42.5 Å². The molecule has 3 saturated heterocycles. The van der Waals surface area contributed by atoms with E-state index in [0.717, 1.165) is 6.08 Å². The number of esters is 1. The number of rotatable bonds is 15. The van der Waals surface area contributed by atoms with Gasteiger partial charge in [-0.1, -0.05) is 12.1 Å². The Morgan fingerprint density at radius 3 is 2.27 bits per heavy atom. The Balaban J connectivity index is 1.42. The number of ether oxygens (including phenoxy) is 9. The van der Waals surface area contributed by atoms with Crippen LogP contribution in [0.5, 0.6) is 23.0 Å². The van der Waals surface area contributed by atoms with Crippen molar-refractivity contribution in [1.82, 2.24) is 0 Å². The van der Waals surface area contributed by atoms with Gasteiger partial charge < -0.3 is 88.6 Å². The van der Waals surface area contributed by atoms with Crippen molar-refractivity contribution in [2.45, 2.75) is 92.8 Å². The first kappa shape index (κ1) is 42.5. The molecule has 5 rings (SSSR count). The second kappa shape index (κ2) is 18.5. The van der Waals surface area contributed by atoms with Gasteiger partial charge in [0, 0.05) is 6.08 Å². The standard InChI is InChI=1S/C36H48O19/c1-17-26(41)27(42)28(43)34(52-17)55-31-29(44)33(49-11-10-19-5-8-22(47-2)21(39)12-19)53-24(14-50-35-32(45)36(46,15-37)16-51-35)30(31)54-25(40)9-6-18-4-7-20(38)23(13-18)48-3/h4-9,12-13,17,24,26-35,37-39,41-46H,10-11,14-16H2,1-3H3/b9-6-/t17-,24+,26-,27+,28+,29+,30+,31+,32-,33+,34-,35-,36+/m0/s1. The van der Waals surface area contributed by atoms with E-state index < -0.39 is 105 Å². The summed E-state index contributed by atoms with van der Waals surface area (Å²) in [7, 11) is 2.75. The van der Waals surface area contributed by atoms with E-state index in [1.807, 2.05) is 0 Å². The molecule has 19 nitrogen and oxygen atoms in total. The molecular formula is C36H48O19. The van der Waals surface area contributed by atoms with Crippen molar-refractivity contribution in [3.8, 4) is 23.0 Å². The molecule has 0 radical (unpaired) electrons. The van der Waals surface area contributed by atoms with Crippen LogP contribution in [0.25, 0.3) is 6.08 Å². The number of phenolic OH excluding ortho intramolecular Hbond substituents is 2. The normalized spacial score (nSPS) is 35.2. The van der Waals surface area contributed by atoms with E-state index >= 15 is 0 Å². The van der Waals surface area contributed by atoms with Crippen LogP contribution < -0.4 is 9.47 Å². The summed E-state index contributed by atoms with van der Waals surface area (Å²) in [6.07, 6.45) is -16.4. The molecule has 3 fully saturated rings. The number of aromatic hydroxyl groups is 2. The SMILES string of the molecule is COc1ccc(CCO[C@@H]2O[C@H](CO[C@H]3OC[C@](O)(CO)[C@H]3O)[C@@H](OC(=O)/C=C\c3ccc(O)c(OC)c3)[C@H](O[C@@H]3O[C@@H](C)[C@H](O)[C@@H](O)[C@H]3O)[C@H]2O)cc1O. The molecule has 306 valence electrons. The Bertz CT molecular complexity index is 1610. The number of aliphatic hydroxyl groups is 7. The fraction of sp³-hybridized carbons (Fsp3) is 0.583. The zero-order chi connectivity index (χ0) is 40.0. The average Bonchev–Trinajstić information content (AvgIpc) is 3.46. The van der Waals surface area contributed by atoms with Crippen molar-refractivity contribution in [3.05, 3.63) is 53.6 Å². The number of hydrogen-bond acceptors (Lipinski definition) is 19. The average molecular weight is 785 g/mol. The van der Waals surface area contributed by atoms with Crippen LogP contribution >= 0.6 is 0 Å². The van der Waals surface area contributed by atoms with Gasteiger partial charge in [-0.3, -0.25) is 0 Å². The Labute approximate surface area is 315 Å². The lowest BCUT2D eigenvalue weighted by molar-refractivity contribution is -0.360. The maximum Gasteiger partial charge on any atom is 0.331 e. The molecule has 55 heavy (non-hydrogen) atoms. The number of aliphatic hydroxyl groups excluding tert-OH is 6. The van der Waals surface area contributed by atoms with E-state index in [9.17, 15) is 50.8 Å². The highest BCUT2D eigenvalue weighted by molar-refractivity contribution is 5.87. The highest BCUT2D eigenvalue weighted by atomic mass is 16.8. The van der Waals surface area contributed by atoms with Crippen molar-refractivity contribution in [1.29, 1.82) is 0 Å². The molecule has 0 aliphatic carbocycles. The molecule has 0 saturated carbocycles. The summed E-state index contributed by atoms with van der Waals surface area (Å²) >= 11 is 0. The number of hydrogen-bond donors (Lipinski definition) is 9. The highest BCUT2D eigenvalue weighted by Crippen LogP contribution is 2.34. The molecule has 3 heterocycles. The Morgan fingerprint density at radius 2 is 1.60 bits per heavy atom. The molecule has 0 spiro atoms. The van der Waals surface area contributed by atoms with E-state index in [1.165, 1.54) is 51.5 Å². The monoisotopic (exact) mass is 784 g/mol. The summed E-state index contributed by atoms with van der Waals surface area (Å²) in [5.41, 5.74) is -0.974. The lowest BCUT2D eigenvalue weighted by Gasteiger charge is -2.46. The maximum absolute atomic E-state index is 13.4. The van der Waals surface area contributed by atoms with E-state index in [0.29, 0.717) is 11.1 Å². The third-order valence-corrected chi connectivity index (χ3v) is 9.50. The Hall–Kier alpha value is -3.67. The van der Waals surface area contributed by atoms with Crippen LogP contribution in [0, 0.1) is 0 Å².